The summed E-state index contributed by atoms with van der Waals surface area (Å²) in [4.78, 5) is 10.1. The minimum atomic E-state index is -4.11. The van der Waals surface area contributed by atoms with Gasteiger partial charge in [-0.1, -0.05) is 36.4 Å². The molecule has 2 aromatic rings. The van der Waals surface area contributed by atoms with Crippen molar-refractivity contribution < 1.29 is 18.4 Å². The number of aliphatic hydroxyl groups is 1. The van der Waals surface area contributed by atoms with E-state index in [1.54, 1.807) is 12.1 Å². The van der Waals surface area contributed by atoms with Crippen LogP contribution >= 0.6 is 0 Å². The number of hydrogen-bond acceptors (Lipinski definition) is 5. The Morgan fingerprint density at radius 3 is 2.54 bits per heavy atom. The lowest BCUT2D eigenvalue weighted by atomic mass is 9.95. The fourth-order valence-corrected chi connectivity index (χ4v) is 4.82. The van der Waals surface area contributed by atoms with Crippen LogP contribution in [0.2, 0.25) is 0 Å². The molecule has 0 unspecified atom stereocenters. The highest BCUT2D eigenvalue weighted by atomic mass is 32.2. The van der Waals surface area contributed by atoms with Gasteiger partial charge in [-0.3, -0.25) is 10.1 Å². The van der Waals surface area contributed by atoms with Crippen LogP contribution in [0, 0.1) is 10.1 Å². The van der Waals surface area contributed by atoms with Crippen molar-refractivity contribution in [3.8, 4) is 0 Å². The van der Waals surface area contributed by atoms with Crippen molar-refractivity contribution in [1.82, 2.24) is 4.31 Å². The number of nitrogens with zero attached hydrogens (tertiary/aromatic N) is 2. The Labute approximate surface area is 139 Å². The smallest absolute Gasteiger partial charge is 0.289 e. The van der Waals surface area contributed by atoms with Gasteiger partial charge in [-0.2, -0.15) is 4.31 Å². The maximum Gasteiger partial charge on any atom is 0.289 e. The zero-order valence-electron chi connectivity index (χ0n) is 12.7. The Morgan fingerprint density at radius 2 is 1.83 bits per heavy atom. The van der Waals surface area contributed by atoms with Gasteiger partial charge in [0, 0.05) is 12.6 Å². The van der Waals surface area contributed by atoms with Crippen molar-refractivity contribution in [2.75, 3.05) is 13.2 Å². The molecule has 7 nitrogen and oxygen atoms in total. The van der Waals surface area contributed by atoms with Gasteiger partial charge >= 0.3 is 0 Å². The van der Waals surface area contributed by atoms with E-state index >= 15 is 0 Å². The third-order valence-electron chi connectivity index (χ3n) is 4.18. The molecule has 0 aliphatic carbocycles. The topological polar surface area (TPSA) is 101 Å². The van der Waals surface area contributed by atoms with E-state index in [2.05, 4.69) is 0 Å². The van der Waals surface area contributed by atoms with Gasteiger partial charge in [-0.25, -0.2) is 8.42 Å². The highest BCUT2D eigenvalue weighted by molar-refractivity contribution is 7.89. The summed E-state index contributed by atoms with van der Waals surface area (Å²) < 4.78 is 27.2. The number of para-hydroxylation sites is 1. The van der Waals surface area contributed by atoms with Crippen molar-refractivity contribution in [1.29, 1.82) is 0 Å². The second-order valence-electron chi connectivity index (χ2n) is 5.49. The lowest BCUT2D eigenvalue weighted by Crippen LogP contribution is -2.41. The predicted octanol–water partition coefficient (Wildman–Crippen LogP) is 1.88. The number of nitro benzene ring substituents is 1. The molecule has 0 radical (unpaired) electrons. The van der Waals surface area contributed by atoms with E-state index in [0.717, 1.165) is 15.4 Å². The minimum absolute atomic E-state index is 0.163. The van der Waals surface area contributed by atoms with Crippen molar-refractivity contribution in [2.45, 2.75) is 17.4 Å². The zero-order chi connectivity index (χ0) is 17.3. The number of sulfonamides is 1. The van der Waals surface area contributed by atoms with Crippen LogP contribution in [0.4, 0.5) is 5.69 Å². The highest BCUT2D eigenvalue weighted by Crippen LogP contribution is 2.36. The predicted molar refractivity (Wildman–Crippen MR) is 87.0 cm³/mol. The lowest BCUT2D eigenvalue weighted by Gasteiger charge is -2.35. The Hall–Kier alpha value is -2.29. The molecule has 126 valence electrons. The molecule has 2 aromatic carbocycles. The molecule has 1 aliphatic rings. The van der Waals surface area contributed by atoms with E-state index < -0.39 is 33.3 Å². The number of benzene rings is 2. The molecule has 1 N–H and O–H groups in total. The Bertz CT molecular complexity index is 882. The molecule has 0 saturated carbocycles. The van der Waals surface area contributed by atoms with E-state index in [4.69, 9.17) is 0 Å². The molecule has 0 amide bonds. The Morgan fingerprint density at radius 1 is 1.17 bits per heavy atom. The molecule has 0 spiro atoms. The zero-order valence-corrected chi connectivity index (χ0v) is 13.5. The lowest BCUT2D eigenvalue weighted by molar-refractivity contribution is -0.387. The van der Waals surface area contributed by atoms with Crippen molar-refractivity contribution in [2.24, 2.45) is 0 Å². The molecule has 3 rings (SSSR count). The van der Waals surface area contributed by atoms with Gasteiger partial charge < -0.3 is 5.11 Å². The fourth-order valence-electron chi connectivity index (χ4n) is 3.06. The van der Waals surface area contributed by atoms with Gasteiger partial charge in [0.15, 0.2) is 4.90 Å². The van der Waals surface area contributed by atoms with Gasteiger partial charge in [0.05, 0.1) is 17.6 Å². The van der Waals surface area contributed by atoms with Gasteiger partial charge in [-0.05, 0) is 23.6 Å². The summed E-state index contributed by atoms with van der Waals surface area (Å²) in [5, 5.41) is 20.9. The van der Waals surface area contributed by atoms with Crippen LogP contribution < -0.4 is 0 Å². The summed E-state index contributed by atoms with van der Waals surface area (Å²) >= 11 is 0. The first-order valence-corrected chi connectivity index (χ1v) is 8.84. The molecule has 0 fully saturated rings. The normalized spacial score (nSPS) is 18.1. The molecule has 0 saturated heterocycles. The van der Waals surface area contributed by atoms with Crippen LogP contribution in [0.25, 0.3) is 0 Å². The first-order valence-electron chi connectivity index (χ1n) is 7.40. The van der Waals surface area contributed by atoms with Crippen LogP contribution in [0.3, 0.4) is 0 Å². The first kappa shape index (κ1) is 16.6. The number of aliphatic hydroxyl groups excluding tert-OH is 1. The standard InChI is InChI=1S/C16H16N2O5S/c19-11-15-13-6-2-1-5-12(13)9-10-17(15)24(22,23)16-8-4-3-7-14(16)18(20)21/h1-8,15,19H,9-11H2/t15-/m1/s1. The van der Waals surface area contributed by atoms with Crippen molar-refractivity contribution in [3.63, 3.8) is 0 Å². The van der Waals surface area contributed by atoms with Gasteiger partial charge in [0.25, 0.3) is 15.7 Å². The molecule has 0 bridgehead atoms. The summed E-state index contributed by atoms with van der Waals surface area (Å²) in [6.45, 7) is -0.229. The van der Waals surface area contributed by atoms with Gasteiger partial charge in [-0.15, -0.1) is 0 Å². The maximum absolute atomic E-state index is 13.0. The van der Waals surface area contributed by atoms with E-state index in [1.165, 1.54) is 24.3 Å². The quantitative estimate of drug-likeness (QED) is 0.671. The number of hydrogen-bond donors (Lipinski definition) is 1. The molecular weight excluding hydrogens is 332 g/mol. The summed E-state index contributed by atoms with van der Waals surface area (Å²) in [6, 6.07) is 11.8. The van der Waals surface area contributed by atoms with Crippen LogP contribution in [0.5, 0.6) is 0 Å². The van der Waals surface area contributed by atoms with E-state index in [0.29, 0.717) is 6.42 Å². The first-order chi connectivity index (χ1) is 11.5. The third-order valence-corrected chi connectivity index (χ3v) is 6.14. The van der Waals surface area contributed by atoms with Crippen molar-refractivity contribution >= 4 is 15.7 Å². The maximum atomic E-state index is 13.0. The van der Waals surface area contributed by atoms with Crippen molar-refractivity contribution in [3.05, 3.63) is 69.8 Å². The molecule has 1 aliphatic heterocycles. The third kappa shape index (κ3) is 2.68. The van der Waals surface area contributed by atoms with Crippen LogP contribution in [-0.4, -0.2) is 35.9 Å². The summed E-state index contributed by atoms with van der Waals surface area (Å²) in [7, 11) is -4.11. The molecular formula is C16H16N2O5S. The molecule has 1 heterocycles. The number of fused-ring (bicyclic) bond motifs is 1. The highest BCUT2D eigenvalue weighted by Gasteiger charge is 2.38. The number of nitro groups is 1. The summed E-state index contributed by atoms with van der Waals surface area (Å²) in [6.07, 6.45) is 0.493. The molecule has 8 heteroatoms. The largest absolute Gasteiger partial charge is 0.394 e. The van der Waals surface area contributed by atoms with E-state index in [-0.39, 0.29) is 11.4 Å². The summed E-state index contributed by atoms with van der Waals surface area (Å²) in [5.74, 6) is 0. The summed E-state index contributed by atoms with van der Waals surface area (Å²) in [5.41, 5.74) is 1.24. The molecule has 1 atom stereocenters. The Kier molecular flexibility index (Phi) is 4.35. The molecule has 0 aromatic heterocycles. The Balaban J connectivity index is 2.10. The van der Waals surface area contributed by atoms with E-state index in [1.807, 2.05) is 12.1 Å². The van der Waals surface area contributed by atoms with Crippen LogP contribution in [0.15, 0.2) is 53.4 Å². The van der Waals surface area contributed by atoms with Gasteiger partial charge in [0.2, 0.25) is 0 Å². The second kappa shape index (κ2) is 6.31. The average Bonchev–Trinajstić information content (AvgIpc) is 2.60. The van der Waals surface area contributed by atoms with Crippen LogP contribution in [0.1, 0.15) is 17.2 Å². The minimum Gasteiger partial charge on any atom is -0.394 e. The fraction of sp³-hybridized carbons (Fsp3) is 0.250. The van der Waals surface area contributed by atoms with E-state index in [9.17, 15) is 23.6 Å². The van der Waals surface area contributed by atoms with Gasteiger partial charge in [0.1, 0.15) is 0 Å². The molecule has 24 heavy (non-hydrogen) atoms. The average molecular weight is 348 g/mol. The SMILES string of the molecule is O=[N+]([O-])c1ccccc1S(=O)(=O)N1CCc2ccccc2[C@H]1CO. The second-order valence-corrected chi connectivity index (χ2v) is 7.35. The number of rotatable bonds is 4. The van der Waals surface area contributed by atoms with Crippen LogP contribution in [-0.2, 0) is 16.4 Å². The monoisotopic (exact) mass is 348 g/mol.